The van der Waals surface area contributed by atoms with Gasteiger partial charge < -0.3 is 33.9 Å². The standard InChI is InChI=1S/C28H25N7O2.C20H15N3O3.C19H24BrN3O2Si/c1-37-24-9-3-2-8-22(24)25-23-17-21(18-31-26(23)33-32-25)19-6-4-7-20(16-19)27(36)34-12-14-35(15-13-34)28-29-10-5-11-30-28;1-26-17-8-3-2-7-15(17)18-16-10-14(11-21-19(16)23-22-18)12-5-4-6-13(9-12)20(24)25;1-24-17-8-6-5-7-15(17)18-16-11-14(20)12-21-19(16)23(22-18)13-25-9-10-26(2,3)4/h2-11,16-18H,12-15H2,1H3,(H,31,32,33);2-11H,1H3,(H,24,25)(H,21,22,23);5-8,11-12H,9-10,13H2,1-4H3. The molecule has 5 aromatic carbocycles. The lowest BCUT2D eigenvalue weighted by atomic mass is 10.0. The average molecular weight is 1270 g/mol. The number of halogens is 1. The van der Waals surface area contributed by atoms with E-state index in [1.54, 1.807) is 76.6 Å². The molecule has 1 fully saturated rings. The first-order chi connectivity index (χ1) is 43.3. The highest BCUT2D eigenvalue weighted by atomic mass is 79.9. The molecule has 450 valence electrons. The predicted octanol–water partition coefficient (Wildman–Crippen LogP) is 13.2. The number of aromatic amines is 2. The number of piperazine rings is 1. The lowest BCUT2D eigenvalue weighted by Gasteiger charge is -2.34. The summed E-state index contributed by atoms with van der Waals surface area (Å²) >= 11 is 3.51. The number of rotatable bonds is 16. The number of para-hydroxylation sites is 3. The SMILES string of the molecule is COc1ccccc1-c1[nH]nc2ncc(-c3cccc(C(=O)N4CCN(c5ncccn5)CC4)c3)cc12.COc1ccccc1-c1[nH]nc2ncc(-c3cccc(C(=O)O)c3)cc12.COc1ccccc1-c1nn(COCC[Si](C)(C)C)c2ncc(Br)cc12. The molecule has 1 aliphatic heterocycles. The summed E-state index contributed by atoms with van der Waals surface area (Å²) in [5.74, 6) is 2.03. The highest BCUT2D eigenvalue weighted by Crippen LogP contribution is 2.38. The number of aromatic carboxylic acids is 1. The van der Waals surface area contributed by atoms with Gasteiger partial charge in [0.15, 0.2) is 16.9 Å². The van der Waals surface area contributed by atoms with Crippen molar-refractivity contribution >= 4 is 74.9 Å². The van der Waals surface area contributed by atoms with Crippen LogP contribution in [0.2, 0.25) is 25.7 Å². The number of aromatic nitrogens is 11. The molecular formula is C67H64BrN13O7Si. The highest BCUT2D eigenvalue weighted by Gasteiger charge is 2.25. The fourth-order valence-corrected chi connectivity index (χ4v) is 11.4. The maximum Gasteiger partial charge on any atom is 0.335 e. The molecule has 7 aromatic heterocycles. The Morgan fingerprint density at radius 1 is 0.573 bits per heavy atom. The first kappa shape index (κ1) is 60.5. The van der Waals surface area contributed by atoms with Crippen LogP contribution in [0.3, 0.4) is 0 Å². The molecule has 0 bridgehead atoms. The third kappa shape index (κ3) is 13.8. The van der Waals surface area contributed by atoms with Crippen LogP contribution in [0.15, 0.2) is 181 Å². The number of H-pyrrole nitrogens is 2. The smallest absolute Gasteiger partial charge is 0.335 e. The molecule has 0 atom stereocenters. The van der Waals surface area contributed by atoms with Gasteiger partial charge in [0.1, 0.15) is 29.7 Å². The van der Waals surface area contributed by atoms with E-state index >= 15 is 0 Å². The van der Waals surface area contributed by atoms with Crippen molar-refractivity contribution < 1.29 is 33.6 Å². The Hall–Kier alpha value is -10.2. The van der Waals surface area contributed by atoms with Crippen molar-refractivity contribution in [2.75, 3.05) is 59.0 Å². The van der Waals surface area contributed by atoms with Crippen LogP contribution in [0.1, 0.15) is 20.7 Å². The highest BCUT2D eigenvalue weighted by molar-refractivity contribution is 9.10. The van der Waals surface area contributed by atoms with Crippen LogP contribution >= 0.6 is 15.9 Å². The Balaban J connectivity index is 0.000000141. The van der Waals surface area contributed by atoms with Crippen molar-refractivity contribution in [3.8, 4) is 73.3 Å². The maximum absolute atomic E-state index is 13.3. The van der Waals surface area contributed by atoms with E-state index in [9.17, 15) is 14.7 Å². The molecule has 0 saturated carbocycles. The molecule has 22 heteroatoms. The largest absolute Gasteiger partial charge is 0.496 e. The van der Waals surface area contributed by atoms with E-state index < -0.39 is 14.0 Å². The number of hydrogen-bond acceptors (Lipinski definition) is 15. The van der Waals surface area contributed by atoms with Crippen LogP contribution in [-0.2, 0) is 11.5 Å². The van der Waals surface area contributed by atoms with E-state index in [2.05, 4.69) is 91.9 Å². The summed E-state index contributed by atoms with van der Waals surface area (Å²) in [6.07, 6.45) is 8.74. The van der Waals surface area contributed by atoms with Gasteiger partial charge in [0, 0.05) is 126 Å². The van der Waals surface area contributed by atoms with Crippen LogP contribution in [-0.4, -0.2) is 139 Å². The third-order valence-corrected chi connectivity index (χ3v) is 17.1. The van der Waals surface area contributed by atoms with Crippen molar-refractivity contribution in [1.29, 1.82) is 0 Å². The van der Waals surface area contributed by atoms with Crippen molar-refractivity contribution in [2.45, 2.75) is 32.4 Å². The fourth-order valence-electron chi connectivity index (χ4n) is 10.3. The lowest BCUT2D eigenvalue weighted by Crippen LogP contribution is -2.49. The Morgan fingerprint density at radius 2 is 1.10 bits per heavy atom. The first-order valence-electron chi connectivity index (χ1n) is 28.7. The number of nitrogens with zero attached hydrogens (tertiary/aromatic N) is 11. The second-order valence-electron chi connectivity index (χ2n) is 22.0. The number of benzene rings is 5. The minimum Gasteiger partial charge on any atom is -0.496 e. The summed E-state index contributed by atoms with van der Waals surface area (Å²) in [4.78, 5) is 50.7. The number of carboxylic acids is 1. The van der Waals surface area contributed by atoms with Crippen LogP contribution in [0.25, 0.3) is 89.1 Å². The molecule has 0 aliphatic carbocycles. The molecule has 0 unspecified atom stereocenters. The lowest BCUT2D eigenvalue weighted by molar-refractivity contribution is 0.0695. The quantitative estimate of drug-likeness (QED) is 0.0602. The van der Waals surface area contributed by atoms with Gasteiger partial charge in [-0.2, -0.15) is 15.3 Å². The van der Waals surface area contributed by atoms with Gasteiger partial charge in [-0.1, -0.05) is 80.3 Å². The van der Waals surface area contributed by atoms with Gasteiger partial charge >= 0.3 is 5.97 Å². The summed E-state index contributed by atoms with van der Waals surface area (Å²) in [6.45, 7) is 10.8. The van der Waals surface area contributed by atoms with Gasteiger partial charge in [-0.25, -0.2) is 34.4 Å². The molecule has 1 amide bonds. The maximum atomic E-state index is 13.3. The third-order valence-electron chi connectivity index (χ3n) is 15.0. The van der Waals surface area contributed by atoms with Crippen LogP contribution in [0.5, 0.6) is 17.2 Å². The van der Waals surface area contributed by atoms with E-state index in [0.29, 0.717) is 55.7 Å². The van der Waals surface area contributed by atoms with Crippen molar-refractivity contribution in [2.24, 2.45) is 0 Å². The number of carbonyl (C=O) groups is 2. The molecule has 0 radical (unpaired) electrons. The normalized spacial score (nSPS) is 12.3. The Kier molecular flexibility index (Phi) is 18.5. The minimum absolute atomic E-state index is 0.0162. The second kappa shape index (κ2) is 27.3. The first-order valence-corrected chi connectivity index (χ1v) is 33.2. The summed E-state index contributed by atoms with van der Waals surface area (Å²) in [7, 11) is 3.84. The summed E-state index contributed by atoms with van der Waals surface area (Å²) in [5, 5.41) is 31.5. The summed E-state index contributed by atoms with van der Waals surface area (Å²) in [5.41, 5.74) is 11.6. The monoisotopic (exact) mass is 1270 g/mol. The van der Waals surface area contributed by atoms with Gasteiger partial charge in [0.2, 0.25) is 5.95 Å². The van der Waals surface area contributed by atoms with Crippen molar-refractivity contribution in [3.63, 3.8) is 0 Å². The summed E-state index contributed by atoms with van der Waals surface area (Å²) < 4.78 is 25.1. The zero-order valence-corrected chi connectivity index (χ0v) is 52.5. The molecule has 8 heterocycles. The number of anilines is 1. The molecule has 3 N–H and O–H groups in total. The van der Waals surface area contributed by atoms with Gasteiger partial charge in [0.05, 0.1) is 38.3 Å². The van der Waals surface area contributed by atoms with E-state index in [0.717, 1.165) is 112 Å². The number of pyridine rings is 3. The van der Waals surface area contributed by atoms with Crippen LogP contribution in [0, 0.1) is 0 Å². The van der Waals surface area contributed by atoms with Crippen molar-refractivity contribution in [1.82, 2.24) is 60.0 Å². The molecule has 0 spiro atoms. The number of nitrogens with one attached hydrogen (secondary N) is 2. The Morgan fingerprint density at radius 3 is 1.65 bits per heavy atom. The molecule has 1 aliphatic rings. The number of hydrogen-bond donors (Lipinski definition) is 3. The molecule has 89 heavy (non-hydrogen) atoms. The fraction of sp³-hybridized carbons (Fsp3) is 0.194. The van der Waals surface area contributed by atoms with Gasteiger partial charge in [-0.15, -0.1) is 0 Å². The van der Waals surface area contributed by atoms with Crippen LogP contribution in [0.4, 0.5) is 5.95 Å². The average Bonchev–Trinajstić information content (AvgIpc) is 2.05. The number of ether oxygens (including phenoxy) is 4. The second-order valence-corrected chi connectivity index (χ2v) is 28.5. The predicted molar refractivity (Wildman–Crippen MR) is 351 cm³/mol. The molecule has 20 nitrogen and oxygen atoms in total. The van der Waals surface area contributed by atoms with Gasteiger partial charge in [-0.05, 0) is 118 Å². The number of carboxylic acid groups (broad SMARTS) is 1. The number of carbonyl (C=O) groups excluding carboxylic acids is 1. The van der Waals surface area contributed by atoms with Crippen LogP contribution < -0.4 is 19.1 Å². The van der Waals surface area contributed by atoms with Gasteiger partial charge in [-0.3, -0.25) is 15.0 Å². The minimum atomic E-state index is -1.11. The van der Waals surface area contributed by atoms with E-state index in [1.807, 2.05) is 125 Å². The number of amides is 1. The zero-order valence-electron chi connectivity index (χ0n) is 49.9. The Labute approximate surface area is 522 Å². The molecular weight excluding hydrogens is 1210 g/mol. The Bertz CT molecular complexity index is 4470. The topological polar surface area (TPSA) is 237 Å². The van der Waals surface area contributed by atoms with Gasteiger partial charge in [0.25, 0.3) is 5.91 Å². The van der Waals surface area contributed by atoms with E-state index in [4.69, 9.17) is 24.0 Å². The summed E-state index contributed by atoms with van der Waals surface area (Å²) in [6, 6.07) is 46.8. The molecule has 13 rings (SSSR count). The number of methoxy groups -OCH3 is 3. The number of fused-ring (bicyclic) bond motifs is 3. The van der Waals surface area contributed by atoms with E-state index in [1.165, 1.54) is 0 Å². The zero-order chi connectivity index (χ0) is 62.0. The van der Waals surface area contributed by atoms with E-state index in [-0.39, 0.29) is 11.5 Å². The van der Waals surface area contributed by atoms with Crippen molar-refractivity contribution in [3.05, 3.63) is 192 Å². The molecule has 1 saturated heterocycles. The molecule has 12 aromatic rings.